The summed E-state index contributed by atoms with van der Waals surface area (Å²) in [7, 11) is 0. The second-order valence-electron chi connectivity index (χ2n) is 11.7. The van der Waals surface area contributed by atoms with Crippen LogP contribution in [0.4, 0.5) is 0 Å². The lowest BCUT2D eigenvalue weighted by atomic mass is 10.0. The monoisotopic (exact) mass is 633 g/mol. The van der Waals surface area contributed by atoms with Crippen molar-refractivity contribution in [3.63, 3.8) is 0 Å². The lowest BCUT2D eigenvalue weighted by molar-refractivity contribution is 0.666. The van der Waals surface area contributed by atoms with E-state index in [0.717, 1.165) is 43.4 Å². The molecular weight excluding hydrogens is 611 g/mol. The first-order valence-electron chi connectivity index (χ1n) is 15.6. The average Bonchev–Trinajstić information content (AvgIpc) is 3.73. The van der Waals surface area contributed by atoms with E-state index in [1.807, 2.05) is 42.6 Å². The number of aromatic nitrogens is 5. The largest absolute Gasteiger partial charge is 0.453 e. The quantitative estimate of drug-likeness (QED) is 0.192. The number of thiophene rings is 1. The molecular formula is C41H23N5OS. The maximum Gasteiger partial charge on any atom is 0.166 e. The maximum atomic E-state index is 6.39. The minimum atomic E-state index is 0.512. The van der Waals surface area contributed by atoms with Gasteiger partial charge in [0.2, 0.25) is 0 Å². The maximum absolute atomic E-state index is 6.39. The second-order valence-corrected chi connectivity index (χ2v) is 12.8. The molecule has 0 aliphatic heterocycles. The zero-order valence-electron chi connectivity index (χ0n) is 25.3. The van der Waals surface area contributed by atoms with Gasteiger partial charge in [-0.3, -0.25) is 9.97 Å². The Hall–Kier alpha value is -6.31. The molecule has 224 valence electrons. The van der Waals surface area contributed by atoms with E-state index in [4.69, 9.17) is 24.4 Å². The van der Waals surface area contributed by atoms with Crippen LogP contribution >= 0.6 is 11.3 Å². The summed E-state index contributed by atoms with van der Waals surface area (Å²) in [4.78, 5) is 24.7. The van der Waals surface area contributed by atoms with Crippen molar-refractivity contribution >= 4 is 64.4 Å². The predicted octanol–water partition coefficient (Wildman–Crippen LogP) is 10.8. The Morgan fingerprint density at radius 3 is 2.19 bits per heavy atom. The molecule has 10 rings (SSSR count). The first-order valence-corrected chi connectivity index (χ1v) is 16.5. The van der Waals surface area contributed by atoms with Crippen LogP contribution in [0.2, 0.25) is 0 Å². The molecule has 5 aromatic carbocycles. The molecule has 0 radical (unpaired) electrons. The summed E-state index contributed by atoms with van der Waals surface area (Å²) in [5, 5.41) is 5.61. The molecule has 0 N–H and O–H groups in total. The molecule has 5 heterocycles. The normalized spacial score (nSPS) is 11.8. The molecule has 0 aliphatic rings. The third-order valence-electron chi connectivity index (χ3n) is 8.86. The van der Waals surface area contributed by atoms with Gasteiger partial charge in [-0.15, -0.1) is 11.3 Å². The van der Waals surface area contributed by atoms with Gasteiger partial charge in [0, 0.05) is 49.3 Å². The molecule has 5 aromatic heterocycles. The first kappa shape index (κ1) is 26.9. The summed E-state index contributed by atoms with van der Waals surface area (Å²) in [6, 6.07) is 41.7. The molecule has 7 heteroatoms. The number of hydrogen-bond donors (Lipinski definition) is 0. The van der Waals surface area contributed by atoms with Crippen molar-refractivity contribution < 1.29 is 4.42 Å². The molecule has 0 saturated carbocycles. The van der Waals surface area contributed by atoms with Gasteiger partial charge < -0.3 is 4.42 Å². The van der Waals surface area contributed by atoms with E-state index in [9.17, 15) is 0 Å². The van der Waals surface area contributed by atoms with Gasteiger partial charge in [-0.1, -0.05) is 97.1 Å². The highest BCUT2D eigenvalue weighted by atomic mass is 32.1. The lowest BCUT2D eigenvalue weighted by Crippen LogP contribution is -2.00. The molecule has 0 spiro atoms. The van der Waals surface area contributed by atoms with E-state index < -0.39 is 0 Å². The Morgan fingerprint density at radius 2 is 1.27 bits per heavy atom. The fourth-order valence-corrected chi connectivity index (χ4v) is 7.76. The Balaban J connectivity index is 1.18. The van der Waals surface area contributed by atoms with Crippen LogP contribution in [0.3, 0.4) is 0 Å². The van der Waals surface area contributed by atoms with Crippen LogP contribution in [0, 0.1) is 0 Å². The summed E-state index contributed by atoms with van der Waals surface area (Å²) in [6.07, 6.45) is 5.43. The van der Waals surface area contributed by atoms with Crippen molar-refractivity contribution in [3.8, 4) is 45.3 Å². The van der Waals surface area contributed by atoms with Crippen molar-refractivity contribution in [3.05, 3.63) is 140 Å². The zero-order chi connectivity index (χ0) is 31.6. The van der Waals surface area contributed by atoms with Gasteiger partial charge in [0.25, 0.3) is 0 Å². The minimum Gasteiger partial charge on any atom is -0.453 e. The minimum absolute atomic E-state index is 0.512. The van der Waals surface area contributed by atoms with E-state index in [-0.39, 0.29) is 0 Å². The van der Waals surface area contributed by atoms with Crippen molar-refractivity contribution in [2.75, 3.05) is 0 Å². The van der Waals surface area contributed by atoms with E-state index in [1.54, 1.807) is 23.7 Å². The number of rotatable bonds is 4. The number of benzene rings is 5. The van der Waals surface area contributed by atoms with Gasteiger partial charge in [0.05, 0.1) is 17.1 Å². The highest BCUT2D eigenvalue weighted by Crippen LogP contribution is 2.41. The summed E-state index contributed by atoms with van der Waals surface area (Å²) < 4.78 is 8.76. The summed E-state index contributed by atoms with van der Waals surface area (Å²) in [5.41, 5.74) is 6.70. The molecule has 0 amide bonds. The van der Waals surface area contributed by atoms with E-state index in [2.05, 4.69) is 89.9 Å². The lowest BCUT2D eigenvalue weighted by Gasteiger charge is -2.09. The zero-order valence-corrected chi connectivity index (χ0v) is 26.1. The molecule has 0 atom stereocenters. The van der Waals surface area contributed by atoms with Crippen LogP contribution in [0.25, 0.3) is 98.3 Å². The van der Waals surface area contributed by atoms with Crippen LogP contribution in [0.5, 0.6) is 0 Å². The summed E-state index contributed by atoms with van der Waals surface area (Å²) in [6.45, 7) is 0. The molecule has 6 nitrogen and oxygen atoms in total. The Morgan fingerprint density at radius 1 is 0.500 bits per heavy atom. The number of pyridine rings is 2. The topological polar surface area (TPSA) is 77.6 Å². The third kappa shape index (κ3) is 4.29. The van der Waals surface area contributed by atoms with E-state index >= 15 is 0 Å². The van der Waals surface area contributed by atoms with Crippen molar-refractivity contribution in [2.24, 2.45) is 0 Å². The molecule has 0 unspecified atom stereocenters. The molecule has 48 heavy (non-hydrogen) atoms. The van der Waals surface area contributed by atoms with Gasteiger partial charge in [-0.05, 0) is 40.6 Å². The fourth-order valence-electron chi connectivity index (χ4n) is 6.54. The van der Waals surface area contributed by atoms with Crippen LogP contribution in [0.15, 0.2) is 144 Å². The van der Waals surface area contributed by atoms with E-state index in [1.165, 1.54) is 26.2 Å². The van der Waals surface area contributed by atoms with Crippen LogP contribution in [0.1, 0.15) is 0 Å². The summed E-state index contributed by atoms with van der Waals surface area (Å²) in [5.74, 6) is 1.70. The van der Waals surface area contributed by atoms with Gasteiger partial charge >= 0.3 is 0 Å². The predicted molar refractivity (Wildman–Crippen MR) is 195 cm³/mol. The average molecular weight is 634 g/mol. The van der Waals surface area contributed by atoms with Gasteiger partial charge in [0.15, 0.2) is 28.6 Å². The highest BCUT2D eigenvalue weighted by Gasteiger charge is 2.21. The van der Waals surface area contributed by atoms with Gasteiger partial charge in [-0.25, -0.2) is 15.0 Å². The molecule has 10 aromatic rings. The van der Waals surface area contributed by atoms with Crippen molar-refractivity contribution in [1.82, 2.24) is 24.9 Å². The Kier molecular flexibility index (Phi) is 5.94. The van der Waals surface area contributed by atoms with Crippen molar-refractivity contribution in [2.45, 2.75) is 0 Å². The second kappa shape index (κ2) is 10.6. The molecule has 0 fully saturated rings. The number of furan rings is 1. The standard InChI is InChI=1S/C41H23N5OS/c1-2-10-25(11-3-1)39-44-40(31-15-8-14-30-29-13-6-7-16-35(29)48-38(30)31)46-41(45-39)32-22-42-23-34-36(32)37-33(47-34)20-28(21-43-37)27-18-17-24-9-4-5-12-26(24)19-27/h1-23H. The Labute approximate surface area is 278 Å². The molecule has 0 aliphatic carbocycles. The van der Waals surface area contributed by atoms with Crippen LogP contribution < -0.4 is 0 Å². The fraction of sp³-hybridized carbons (Fsp3) is 0. The number of nitrogens with zero attached hydrogens (tertiary/aromatic N) is 5. The Bertz CT molecular complexity index is 2860. The SMILES string of the molecule is c1ccc(-c2nc(-c3cccc4c3sc3ccccc34)nc(-c3cncc4oc5cc(-c6ccc7ccccc7c6)cnc5c34)n2)cc1. The molecule has 0 saturated heterocycles. The van der Waals surface area contributed by atoms with Gasteiger partial charge in [-0.2, -0.15) is 0 Å². The van der Waals surface area contributed by atoms with Gasteiger partial charge in [0.1, 0.15) is 5.52 Å². The third-order valence-corrected chi connectivity index (χ3v) is 10.1. The van der Waals surface area contributed by atoms with Crippen LogP contribution in [-0.2, 0) is 0 Å². The number of hydrogen-bond acceptors (Lipinski definition) is 7. The van der Waals surface area contributed by atoms with Crippen molar-refractivity contribution in [1.29, 1.82) is 0 Å². The smallest absolute Gasteiger partial charge is 0.166 e. The van der Waals surface area contributed by atoms with Crippen LogP contribution in [-0.4, -0.2) is 24.9 Å². The number of fused-ring (bicyclic) bond motifs is 7. The highest BCUT2D eigenvalue weighted by molar-refractivity contribution is 7.26. The van der Waals surface area contributed by atoms with E-state index in [0.29, 0.717) is 28.6 Å². The molecule has 0 bridgehead atoms. The first-order chi connectivity index (χ1) is 23.8. The summed E-state index contributed by atoms with van der Waals surface area (Å²) >= 11 is 1.75.